The topological polar surface area (TPSA) is 30.2 Å². The summed E-state index contributed by atoms with van der Waals surface area (Å²) in [6.07, 6.45) is 0. The zero-order chi connectivity index (χ0) is 7.68. The maximum Gasteiger partial charge on any atom is 0.336 e. The zero-order valence-electron chi connectivity index (χ0n) is 5.63. The molecule has 0 aliphatic rings. The molecule has 0 saturated heterocycles. The molecule has 52 valence electrons. The lowest BCUT2D eigenvalue weighted by molar-refractivity contribution is 0.561. The van der Waals surface area contributed by atoms with Crippen molar-refractivity contribution in [2.45, 2.75) is 0 Å². The second kappa shape index (κ2) is 2.14. The number of hydrogen-bond donors (Lipinski definition) is 0. The molecule has 0 aliphatic heterocycles. The molecule has 2 aromatic rings. The van der Waals surface area contributed by atoms with Crippen LogP contribution in [0.3, 0.4) is 0 Å². The maximum absolute atomic E-state index is 10.7. The van der Waals surface area contributed by atoms with Crippen molar-refractivity contribution in [3.05, 3.63) is 46.8 Å². The van der Waals surface area contributed by atoms with Crippen LogP contribution in [0.25, 0.3) is 11.0 Å². The SMILES string of the molecule is O=c1ccc2ccc#cc2o1. The van der Waals surface area contributed by atoms with E-state index in [0.717, 1.165) is 5.39 Å². The van der Waals surface area contributed by atoms with Gasteiger partial charge in [-0.3, -0.25) is 0 Å². The van der Waals surface area contributed by atoms with E-state index in [1.54, 1.807) is 12.1 Å². The van der Waals surface area contributed by atoms with Gasteiger partial charge >= 0.3 is 5.63 Å². The largest absolute Gasteiger partial charge is 0.413 e. The van der Waals surface area contributed by atoms with Gasteiger partial charge in [-0.2, -0.15) is 0 Å². The first-order valence-electron chi connectivity index (χ1n) is 3.18. The fraction of sp³-hybridized carbons (Fsp3) is 0. The Bertz CT molecular complexity index is 429. The smallest absolute Gasteiger partial charge is 0.336 e. The second-order valence-corrected chi connectivity index (χ2v) is 2.14. The van der Waals surface area contributed by atoms with Gasteiger partial charge in [-0.05, 0) is 24.3 Å². The zero-order valence-corrected chi connectivity index (χ0v) is 5.63. The van der Waals surface area contributed by atoms with Gasteiger partial charge in [0, 0.05) is 11.5 Å². The Balaban J connectivity index is 2.94. The molecule has 0 bridgehead atoms. The third-order valence-corrected chi connectivity index (χ3v) is 1.40. The standard InChI is InChI=1S/C9H4O2/c10-9-6-5-7-3-1-2-4-8(7)11-9/h1,3,5-6H. The van der Waals surface area contributed by atoms with Crippen LogP contribution in [0.4, 0.5) is 0 Å². The molecular formula is C9H4O2. The highest BCUT2D eigenvalue weighted by atomic mass is 16.4. The Morgan fingerprint density at radius 1 is 1.27 bits per heavy atom. The van der Waals surface area contributed by atoms with Gasteiger partial charge in [-0.1, -0.05) is 6.07 Å². The fourth-order valence-corrected chi connectivity index (χ4v) is 0.895. The lowest BCUT2D eigenvalue weighted by Gasteiger charge is -1.87. The number of hydrogen-bond acceptors (Lipinski definition) is 2. The highest BCUT2D eigenvalue weighted by Gasteiger charge is 1.91. The summed E-state index contributed by atoms with van der Waals surface area (Å²) in [5.41, 5.74) is 0.105. The van der Waals surface area contributed by atoms with Crippen LogP contribution in [0, 0.1) is 12.1 Å². The van der Waals surface area contributed by atoms with Crippen LogP contribution in [0.15, 0.2) is 33.5 Å². The fourth-order valence-electron chi connectivity index (χ4n) is 0.895. The Kier molecular flexibility index (Phi) is 1.16. The summed E-state index contributed by atoms with van der Waals surface area (Å²) in [7, 11) is 0. The molecule has 0 radical (unpaired) electrons. The van der Waals surface area contributed by atoms with Gasteiger partial charge in [0.25, 0.3) is 0 Å². The van der Waals surface area contributed by atoms with Crippen LogP contribution in [-0.4, -0.2) is 0 Å². The molecule has 0 N–H and O–H groups in total. The molecule has 0 atom stereocenters. The van der Waals surface area contributed by atoms with Crippen LogP contribution >= 0.6 is 0 Å². The average Bonchev–Trinajstić information content (AvgIpc) is 2.04. The first kappa shape index (κ1) is 5.99. The van der Waals surface area contributed by atoms with Gasteiger partial charge in [0.1, 0.15) is 0 Å². The minimum absolute atomic E-state index is 0.353. The third-order valence-electron chi connectivity index (χ3n) is 1.40. The Labute approximate surface area is 63.1 Å². The Hall–Kier alpha value is -1.75. The van der Waals surface area contributed by atoms with E-state index in [9.17, 15) is 4.79 Å². The van der Waals surface area contributed by atoms with Crippen molar-refractivity contribution in [3.63, 3.8) is 0 Å². The molecule has 1 aromatic heterocycles. The lowest BCUT2D eigenvalue weighted by atomic mass is 10.3. The average molecular weight is 144 g/mol. The van der Waals surface area contributed by atoms with Gasteiger partial charge in [0.2, 0.25) is 0 Å². The summed E-state index contributed by atoms with van der Waals surface area (Å²) in [6, 6.07) is 12.0. The monoisotopic (exact) mass is 144 g/mol. The van der Waals surface area contributed by atoms with Gasteiger partial charge in [0.15, 0.2) is 5.58 Å². The maximum atomic E-state index is 10.7. The predicted octanol–water partition coefficient (Wildman–Crippen LogP) is 1.39. The van der Waals surface area contributed by atoms with Crippen LogP contribution in [0.1, 0.15) is 0 Å². The van der Waals surface area contributed by atoms with E-state index < -0.39 is 0 Å². The van der Waals surface area contributed by atoms with E-state index in [-0.39, 0.29) is 5.63 Å². The minimum atomic E-state index is -0.353. The molecule has 0 fully saturated rings. The van der Waals surface area contributed by atoms with Crippen LogP contribution in [-0.2, 0) is 0 Å². The molecule has 1 aromatic carbocycles. The van der Waals surface area contributed by atoms with Gasteiger partial charge in [-0.25, -0.2) is 4.79 Å². The van der Waals surface area contributed by atoms with E-state index >= 15 is 0 Å². The normalized spacial score (nSPS) is 9.45. The van der Waals surface area contributed by atoms with Crippen molar-refractivity contribution < 1.29 is 4.42 Å². The van der Waals surface area contributed by atoms with E-state index in [1.807, 2.05) is 6.07 Å². The minimum Gasteiger partial charge on any atom is -0.413 e. The summed E-state index contributed by atoms with van der Waals surface area (Å²) in [5.74, 6) is 0. The van der Waals surface area contributed by atoms with E-state index in [4.69, 9.17) is 4.42 Å². The molecule has 2 rings (SSSR count). The first-order valence-corrected chi connectivity index (χ1v) is 3.18. The summed E-state index contributed by atoms with van der Waals surface area (Å²) in [6.45, 7) is 0. The van der Waals surface area contributed by atoms with Crippen molar-refractivity contribution in [3.8, 4) is 0 Å². The molecule has 0 aliphatic carbocycles. The van der Waals surface area contributed by atoms with Crippen molar-refractivity contribution in [2.24, 2.45) is 0 Å². The molecule has 2 heteroatoms. The first-order chi connectivity index (χ1) is 5.36. The Morgan fingerprint density at radius 2 is 2.18 bits per heavy atom. The summed E-state index contributed by atoms with van der Waals surface area (Å²) in [5, 5.41) is 0.864. The molecule has 0 spiro atoms. The van der Waals surface area contributed by atoms with Crippen molar-refractivity contribution in [1.29, 1.82) is 0 Å². The van der Waals surface area contributed by atoms with E-state index in [1.165, 1.54) is 6.07 Å². The quantitative estimate of drug-likeness (QED) is 0.559. The van der Waals surface area contributed by atoms with E-state index in [2.05, 4.69) is 12.1 Å². The molecule has 1 heterocycles. The van der Waals surface area contributed by atoms with Crippen LogP contribution in [0.5, 0.6) is 0 Å². The summed E-state index contributed by atoms with van der Waals surface area (Å²) >= 11 is 0. The Morgan fingerprint density at radius 3 is 3.09 bits per heavy atom. The van der Waals surface area contributed by atoms with E-state index in [0.29, 0.717) is 5.58 Å². The van der Waals surface area contributed by atoms with Crippen molar-refractivity contribution >= 4 is 11.0 Å². The van der Waals surface area contributed by atoms with Gasteiger partial charge in [-0.15, -0.1) is 0 Å². The molecule has 0 unspecified atom stereocenters. The van der Waals surface area contributed by atoms with Crippen LogP contribution in [0.2, 0.25) is 0 Å². The number of rotatable bonds is 0. The molecule has 2 nitrogen and oxygen atoms in total. The lowest BCUT2D eigenvalue weighted by Crippen LogP contribution is -1.93. The molecule has 0 amide bonds. The van der Waals surface area contributed by atoms with Crippen molar-refractivity contribution in [2.75, 3.05) is 0 Å². The highest BCUT2D eigenvalue weighted by molar-refractivity contribution is 5.73. The second-order valence-electron chi connectivity index (χ2n) is 2.14. The van der Waals surface area contributed by atoms with Crippen LogP contribution < -0.4 is 5.63 Å². The third kappa shape index (κ3) is 0.968. The summed E-state index contributed by atoms with van der Waals surface area (Å²) < 4.78 is 4.82. The van der Waals surface area contributed by atoms with Crippen molar-refractivity contribution in [1.82, 2.24) is 0 Å². The predicted molar refractivity (Wildman–Crippen MR) is 40.2 cm³/mol. The molecular weight excluding hydrogens is 140 g/mol. The van der Waals surface area contributed by atoms with Gasteiger partial charge in [0.05, 0.1) is 0 Å². The summed E-state index contributed by atoms with van der Waals surface area (Å²) in [4.78, 5) is 10.7. The number of fused-ring (bicyclic) bond motifs is 1. The highest BCUT2D eigenvalue weighted by Crippen LogP contribution is 2.05. The molecule has 0 saturated carbocycles. The molecule has 11 heavy (non-hydrogen) atoms. The van der Waals surface area contributed by atoms with Gasteiger partial charge < -0.3 is 4.42 Å².